The fourth-order valence-electron chi connectivity index (χ4n) is 4.57. The maximum atomic E-state index is 5.70. The first-order chi connectivity index (χ1) is 16.1. The van der Waals surface area contributed by atoms with Crippen molar-refractivity contribution in [2.24, 2.45) is 0 Å². The molecule has 0 bridgehead atoms. The van der Waals surface area contributed by atoms with E-state index in [0.717, 1.165) is 42.9 Å². The van der Waals surface area contributed by atoms with Gasteiger partial charge in [0.2, 0.25) is 0 Å². The second-order valence-corrected chi connectivity index (χ2v) is 10.7. The Morgan fingerprint density at radius 3 is 1.52 bits per heavy atom. The minimum absolute atomic E-state index is 0.389. The van der Waals surface area contributed by atoms with Crippen LogP contribution in [-0.4, -0.2) is 58.8 Å². The summed E-state index contributed by atoms with van der Waals surface area (Å²) in [6.07, 6.45) is 21.6. The summed E-state index contributed by atoms with van der Waals surface area (Å²) in [5.41, 5.74) is 0. The van der Waals surface area contributed by atoms with Crippen molar-refractivity contribution >= 4 is 34.7 Å². The standard InChI is InChI=1S/C27H54N4S2/c1-4-6-8-10-12-14-16-18-20-28-26(32)30-22-23-31(25(3)24-30)27(33)29-21-19-17-15-13-11-9-7-5-2/h25H,4-24H2,1-3H3,(H,28,32)(H,29,33). The smallest absolute Gasteiger partial charge is 0.169 e. The third-order valence-corrected chi connectivity index (χ3v) is 7.57. The van der Waals surface area contributed by atoms with Gasteiger partial charge in [-0.25, -0.2) is 0 Å². The molecule has 0 radical (unpaired) electrons. The number of piperazine rings is 1. The highest BCUT2D eigenvalue weighted by molar-refractivity contribution is 7.80. The lowest BCUT2D eigenvalue weighted by Crippen LogP contribution is -2.59. The zero-order chi connectivity index (χ0) is 24.2. The number of rotatable bonds is 18. The maximum Gasteiger partial charge on any atom is 0.169 e. The van der Waals surface area contributed by atoms with Crippen molar-refractivity contribution < 1.29 is 0 Å². The molecule has 33 heavy (non-hydrogen) atoms. The Labute approximate surface area is 217 Å². The van der Waals surface area contributed by atoms with Gasteiger partial charge in [-0.2, -0.15) is 0 Å². The van der Waals surface area contributed by atoms with Gasteiger partial charge < -0.3 is 20.4 Å². The second-order valence-electron chi connectivity index (χ2n) is 9.90. The molecule has 1 fully saturated rings. The molecule has 0 saturated carbocycles. The van der Waals surface area contributed by atoms with E-state index in [2.05, 4.69) is 41.2 Å². The summed E-state index contributed by atoms with van der Waals surface area (Å²) >= 11 is 11.4. The normalized spacial score (nSPS) is 16.2. The largest absolute Gasteiger partial charge is 0.363 e. The summed E-state index contributed by atoms with van der Waals surface area (Å²) in [4.78, 5) is 4.67. The highest BCUT2D eigenvalue weighted by atomic mass is 32.1. The van der Waals surface area contributed by atoms with E-state index in [1.807, 2.05) is 0 Å². The molecule has 0 aromatic heterocycles. The van der Waals surface area contributed by atoms with E-state index < -0.39 is 0 Å². The van der Waals surface area contributed by atoms with Crippen LogP contribution in [-0.2, 0) is 0 Å². The van der Waals surface area contributed by atoms with Crippen molar-refractivity contribution in [2.75, 3.05) is 32.7 Å². The average Bonchev–Trinajstić information content (AvgIpc) is 2.81. The Bertz CT molecular complexity index is 501. The second kappa shape index (κ2) is 20.7. The van der Waals surface area contributed by atoms with Crippen LogP contribution in [0.1, 0.15) is 124 Å². The van der Waals surface area contributed by atoms with Crippen LogP contribution in [0.2, 0.25) is 0 Å². The zero-order valence-electron chi connectivity index (χ0n) is 22.1. The minimum Gasteiger partial charge on any atom is -0.363 e. The SMILES string of the molecule is CCCCCCCCCCNC(=S)N1CCN(C(=S)NCCCCCCCCCC)C(C)C1. The van der Waals surface area contributed by atoms with Crippen molar-refractivity contribution in [3.63, 3.8) is 0 Å². The number of hydrogen-bond acceptors (Lipinski definition) is 2. The molecule has 4 nitrogen and oxygen atoms in total. The molecule has 1 saturated heterocycles. The fraction of sp³-hybridized carbons (Fsp3) is 0.926. The topological polar surface area (TPSA) is 30.5 Å². The van der Waals surface area contributed by atoms with Crippen molar-refractivity contribution in [3.8, 4) is 0 Å². The molecule has 0 aromatic rings. The van der Waals surface area contributed by atoms with Crippen molar-refractivity contribution in [2.45, 2.75) is 130 Å². The molecule has 1 aliphatic heterocycles. The number of unbranched alkanes of at least 4 members (excludes halogenated alkanes) is 14. The summed E-state index contributed by atoms with van der Waals surface area (Å²) in [6.45, 7) is 11.7. The third kappa shape index (κ3) is 15.1. The highest BCUT2D eigenvalue weighted by Crippen LogP contribution is 2.12. The van der Waals surface area contributed by atoms with Crippen LogP contribution in [0.5, 0.6) is 0 Å². The molecule has 194 valence electrons. The van der Waals surface area contributed by atoms with Gasteiger partial charge in [-0.3, -0.25) is 0 Å². The Kier molecular flexibility index (Phi) is 19.1. The highest BCUT2D eigenvalue weighted by Gasteiger charge is 2.26. The van der Waals surface area contributed by atoms with E-state index in [-0.39, 0.29) is 0 Å². The van der Waals surface area contributed by atoms with E-state index in [1.165, 1.54) is 103 Å². The van der Waals surface area contributed by atoms with Crippen LogP contribution in [0.3, 0.4) is 0 Å². The summed E-state index contributed by atoms with van der Waals surface area (Å²) in [7, 11) is 0. The van der Waals surface area contributed by atoms with E-state index in [0.29, 0.717) is 6.04 Å². The summed E-state index contributed by atoms with van der Waals surface area (Å²) < 4.78 is 0. The van der Waals surface area contributed by atoms with Gasteiger partial charge in [0.15, 0.2) is 10.2 Å². The minimum atomic E-state index is 0.389. The van der Waals surface area contributed by atoms with E-state index >= 15 is 0 Å². The van der Waals surface area contributed by atoms with Gasteiger partial charge in [0.05, 0.1) is 0 Å². The average molecular weight is 499 g/mol. The molecule has 0 amide bonds. The van der Waals surface area contributed by atoms with Gasteiger partial charge in [0.1, 0.15) is 0 Å². The predicted octanol–water partition coefficient (Wildman–Crippen LogP) is 7.02. The van der Waals surface area contributed by atoms with Gasteiger partial charge in [-0.15, -0.1) is 0 Å². The molecule has 1 heterocycles. The van der Waals surface area contributed by atoms with Crippen LogP contribution >= 0.6 is 24.4 Å². The molecule has 1 aliphatic rings. The molecule has 1 unspecified atom stereocenters. The van der Waals surface area contributed by atoms with Crippen molar-refractivity contribution in [1.82, 2.24) is 20.4 Å². The molecule has 1 rings (SSSR count). The first-order valence-electron chi connectivity index (χ1n) is 14.2. The van der Waals surface area contributed by atoms with Crippen molar-refractivity contribution in [1.29, 1.82) is 0 Å². The van der Waals surface area contributed by atoms with Gasteiger partial charge in [0.25, 0.3) is 0 Å². The van der Waals surface area contributed by atoms with Crippen LogP contribution in [0.4, 0.5) is 0 Å². The van der Waals surface area contributed by atoms with E-state index in [1.54, 1.807) is 0 Å². The first-order valence-corrected chi connectivity index (χ1v) is 15.0. The molecule has 6 heteroatoms. The van der Waals surface area contributed by atoms with Crippen LogP contribution in [0.15, 0.2) is 0 Å². The molecule has 0 aliphatic carbocycles. The molecule has 1 atom stereocenters. The van der Waals surface area contributed by atoms with Crippen molar-refractivity contribution in [3.05, 3.63) is 0 Å². The van der Waals surface area contributed by atoms with E-state index in [9.17, 15) is 0 Å². The molecular weight excluding hydrogens is 444 g/mol. The fourth-order valence-corrected chi connectivity index (χ4v) is 5.21. The molecule has 2 N–H and O–H groups in total. The van der Waals surface area contributed by atoms with Gasteiger partial charge >= 0.3 is 0 Å². The predicted molar refractivity (Wildman–Crippen MR) is 154 cm³/mol. The number of nitrogens with one attached hydrogen (secondary N) is 2. The quantitative estimate of drug-likeness (QED) is 0.156. The van der Waals surface area contributed by atoms with E-state index in [4.69, 9.17) is 24.4 Å². The summed E-state index contributed by atoms with van der Waals surface area (Å²) in [5, 5.41) is 8.82. The first kappa shape index (κ1) is 30.4. The van der Waals surface area contributed by atoms with Gasteiger partial charge in [0, 0.05) is 38.8 Å². The maximum absolute atomic E-state index is 5.70. The third-order valence-electron chi connectivity index (χ3n) is 6.79. The summed E-state index contributed by atoms with van der Waals surface area (Å²) in [5.74, 6) is 0. The monoisotopic (exact) mass is 498 g/mol. The molecule has 0 aromatic carbocycles. The Balaban J connectivity index is 2.07. The van der Waals surface area contributed by atoms with Gasteiger partial charge in [-0.05, 0) is 44.2 Å². The van der Waals surface area contributed by atoms with Crippen LogP contribution < -0.4 is 10.6 Å². The summed E-state index contributed by atoms with van der Waals surface area (Å²) in [6, 6.07) is 0.389. The number of hydrogen-bond donors (Lipinski definition) is 2. The van der Waals surface area contributed by atoms with Crippen LogP contribution in [0, 0.1) is 0 Å². The Morgan fingerprint density at radius 1 is 0.636 bits per heavy atom. The molecule has 0 spiro atoms. The van der Waals surface area contributed by atoms with Gasteiger partial charge in [-0.1, -0.05) is 104 Å². The Hall–Kier alpha value is -0.620. The van der Waals surface area contributed by atoms with Crippen LogP contribution in [0.25, 0.3) is 0 Å². The lowest BCUT2D eigenvalue weighted by atomic mass is 10.1. The Morgan fingerprint density at radius 2 is 1.06 bits per heavy atom. The number of nitrogens with zero attached hydrogens (tertiary/aromatic N) is 2. The lowest BCUT2D eigenvalue weighted by Gasteiger charge is -2.42. The zero-order valence-corrected chi connectivity index (χ0v) is 23.8. The molecular formula is C27H54N4S2. The lowest BCUT2D eigenvalue weighted by molar-refractivity contribution is 0.193. The number of thiocarbonyl (C=S) groups is 2.